The lowest BCUT2D eigenvalue weighted by molar-refractivity contribution is -0.123. The fourth-order valence-electron chi connectivity index (χ4n) is 1.56. The Hall–Kier alpha value is -1.92. The van der Waals surface area contributed by atoms with Gasteiger partial charge in [-0.2, -0.15) is 5.10 Å². The Bertz CT molecular complexity index is 670. The standard InChI is InChI=1S/C14H14ClN3O2S/c1-9-5-11(15)3-4-13(9)20-7-14(19)18-16-6-12-8-21-10(2)17-12/h3-6,8H,7H2,1-2H3,(H,18,19)/b16-6-. The van der Waals surface area contributed by atoms with Crippen molar-refractivity contribution < 1.29 is 9.53 Å². The minimum Gasteiger partial charge on any atom is -0.483 e. The Balaban J connectivity index is 1.81. The number of benzene rings is 1. The summed E-state index contributed by atoms with van der Waals surface area (Å²) >= 11 is 7.37. The molecule has 1 aromatic carbocycles. The minimum absolute atomic E-state index is 0.115. The molecule has 0 aliphatic carbocycles. The zero-order valence-electron chi connectivity index (χ0n) is 11.6. The van der Waals surface area contributed by atoms with Gasteiger partial charge in [0.15, 0.2) is 6.61 Å². The number of aryl methyl sites for hydroxylation is 2. The highest BCUT2D eigenvalue weighted by Crippen LogP contribution is 2.21. The highest BCUT2D eigenvalue weighted by Gasteiger charge is 2.04. The Morgan fingerprint density at radius 1 is 1.52 bits per heavy atom. The fourth-order valence-corrected chi connectivity index (χ4v) is 2.35. The predicted octanol–water partition coefficient (Wildman–Crippen LogP) is 2.94. The second kappa shape index (κ2) is 7.19. The average Bonchev–Trinajstić information content (AvgIpc) is 2.83. The number of ether oxygens (including phenoxy) is 1. The minimum atomic E-state index is -0.340. The number of hydrazone groups is 1. The third-order valence-corrected chi connectivity index (χ3v) is 3.55. The van der Waals surface area contributed by atoms with E-state index in [-0.39, 0.29) is 12.5 Å². The number of halogens is 1. The van der Waals surface area contributed by atoms with Crippen molar-refractivity contribution in [3.05, 3.63) is 44.9 Å². The lowest BCUT2D eigenvalue weighted by Crippen LogP contribution is -2.24. The molecule has 1 amide bonds. The van der Waals surface area contributed by atoms with Crippen molar-refractivity contribution >= 4 is 35.1 Å². The van der Waals surface area contributed by atoms with Crippen LogP contribution in [0.25, 0.3) is 0 Å². The van der Waals surface area contributed by atoms with E-state index in [2.05, 4.69) is 15.5 Å². The summed E-state index contributed by atoms with van der Waals surface area (Å²) in [4.78, 5) is 15.8. The highest BCUT2D eigenvalue weighted by molar-refractivity contribution is 7.09. The number of hydrogen-bond acceptors (Lipinski definition) is 5. The van der Waals surface area contributed by atoms with E-state index in [0.717, 1.165) is 10.6 Å². The second-order valence-electron chi connectivity index (χ2n) is 4.28. The van der Waals surface area contributed by atoms with E-state index in [1.807, 2.05) is 19.2 Å². The topological polar surface area (TPSA) is 63.6 Å². The van der Waals surface area contributed by atoms with E-state index in [0.29, 0.717) is 16.5 Å². The average molecular weight is 324 g/mol. The first kappa shape index (κ1) is 15.5. The van der Waals surface area contributed by atoms with Crippen LogP contribution in [0.15, 0.2) is 28.7 Å². The van der Waals surface area contributed by atoms with Crippen LogP contribution in [-0.2, 0) is 4.79 Å². The molecule has 1 aromatic heterocycles. The Morgan fingerprint density at radius 2 is 2.33 bits per heavy atom. The highest BCUT2D eigenvalue weighted by atomic mass is 35.5. The molecule has 0 spiro atoms. The maximum atomic E-state index is 11.6. The number of amides is 1. The molecular formula is C14H14ClN3O2S. The largest absolute Gasteiger partial charge is 0.483 e. The van der Waals surface area contributed by atoms with Crippen LogP contribution in [0.3, 0.4) is 0 Å². The summed E-state index contributed by atoms with van der Waals surface area (Å²) in [5.74, 6) is 0.279. The maximum Gasteiger partial charge on any atom is 0.277 e. The van der Waals surface area contributed by atoms with Gasteiger partial charge < -0.3 is 4.74 Å². The molecule has 0 aliphatic heterocycles. The molecule has 0 aliphatic rings. The van der Waals surface area contributed by atoms with Gasteiger partial charge in [0.05, 0.1) is 16.9 Å². The summed E-state index contributed by atoms with van der Waals surface area (Å²) in [5.41, 5.74) is 3.97. The van der Waals surface area contributed by atoms with Gasteiger partial charge >= 0.3 is 0 Å². The van der Waals surface area contributed by atoms with Crippen molar-refractivity contribution in [1.82, 2.24) is 10.4 Å². The zero-order chi connectivity index (χ0) is 15.2. The van der Waals surface area contributed by atoms with Crippen LogP contribution < -0.4 is 10.2 Å². The lowest BCUT2D eigenvalue weighted by atomic mass is 10.2. The van der Waals surface area contributed by atoms with Crippen LogP contribution in [0.5, 0.6) is 5.75 Å². The number of carbonyl (C=O) groups excluding carboxylic acids is 1. The van der Waals surface area contributed by atoms with Gasteiger partial charge in [-0.25, -0.2) is 10.4 Å². The molecule has 0 saturated carbocycles. The van der Waals surface area contributed by atoms with Gasteiger partial charge in [0, 0.05) is 10.4 Å². The molecule has 0 bridgehead atoms. The van der Waals surface area contributed by atoms with Gasteiger partial charge in [-0.05, 0) is 37.6 Å². The van der Waals surface area contributed by atoms with Gasteiger partial charge in [-0.3, -0.25) is 4.79 Å². The smallest absolute Gasteiger partial charge is 0.277 e. The molecule has 0 fully saturated rings. The Morgan fingerprint density at radius 3 is 3.00 bits per heavy atom. The molecule has 1 N–H and O–H groups in total. The quantitative estimate of drug-likeness (QED) is 0.679. The summed E-state index contributed by atoms with van der Waals surface area (Å²) in [6.07, 6.45) is 1.49. The lowest BCUT2D eigenvalue weighted by Gasteiger charge is -2.08. The molecule has 1 heterocycles. The van der Waals surface area contributed by atoms with E-state index in [1.165, 1.54) is 17.6 Å². The number of carbonyl (C=O) groups is 1. The van der Waals surface area contributed by atoms with E-state index >= 15 is 0 Å². The van der Waals surface area contributed by atoms with E-state index < -0.39 is 0 Å². The summed E-state index contributed by atoms with van der Waals surface area (Å²) in [6.45, 7) is 3.65. The summed E-state index contributed by atoms with van der Waals surface area (Å²) in [6, 6.07) is 5.22. The summed E-state index contributed by atoms with van der Waals surface area (Å²) in [5, 5.41) is 7.26. The van der Waals surface area contributed by atoms with Crippen LogP contribution >= 0.6 is 22.9 Å². The van der Waals surface area contributed by atoms with Crippen molar-refractivity contribution in [3.8, 4) is 5.75 Å². The summed E-state index contributed by atoms with van der Waals surface area (Å²) in [7, 11) is 0. The number of rotatable bonds is 5. The third kappa shape index (κ3) is 4.84. The molecule has 110 valence electrons. The molecule has 5 nitrogen and oxygen atoms in total. The molecule has 21 heavy (non-hydrogen) atoms. The van der Waals surface area contributed by atoms with Crippen LogP contribution in [0.2, 0.25) is 5.02 Å². The third-order valence-electron chi connectivity index (χ3n) is 2.52. The van der Waals surface area contributed by atoms with Crippen LogP contribution in [0.1, 0.15) is 16.3 Å². The predicted molar refractivity (Wildman–Crippen MR) is 84.3 cm³/mol. The van der Waals surface area contributed by atoms with Crippen LogP contribution in [0.4, 0.5) is 0 Å². The van der Waals surface area contributed by atoms with E-state index in [1.54, 1.807) is 18.2 Å². The molecular weight excluding hydrogens is 310 g/mol. The maximum absolute atomic E-state index is 11.6. The van der Waals surface area contributed by atoms with Gasteiger partial charge in [0.25, 0.3) is 5.91 Å². The number of thiazole rings is 1. The SMILES string of the molecule is Cc1nc(/C=N\NC(=O)COc2ccc(Cl)cc2C)cs1. The second-order valence-corrected chi connectivity index (χ2v) is 5.78. The van der Waals surface area contributed by atoms with Crippen molar-refractivity contribution in [1.29, 1.82) is 0 Å². The monoisotopic (exact) mass is 323 g/mol. The van der Waals surface area contributed by atoms with Crippen LogP contribution in [-0.4, -0.2) is 23.7 Å². The molecule has 2 rings (SSSR count). The Labute approximate surface area is 131 Å². The number of aromatic nitrogens is 1. The van der Waals surface area contributed by atoms with Gasteiger partial charge in [-0.1, -0.05) is 11.6 Å². The first-order chi connectivity index (χ1) is 10.0. The van der Waals surface area contributed by atoms with Crippen molar-refractivity contribution in [2.45, 2.75) is 13.8 Å². The number of nitrogens with zero attached hydrogens (tertiary/aromatic N) is 2. The number of hydrogen-bond donors (Lipinski definition) is 1. The van der Waals surface area contributed by atoms with Gasteiger partial charge in [0.1, 0.15) is 5.75 Å². The first-order valence-corrected chi connectivity index (χ1v) is 7.43. The molecule has 0 atom stereocenters. The van der Waals surface area contributed by atoms with Crippen LogP contribution in [0, 0.1) is 13.8 Å². The molecule has 0 saturated heterocycles. The Kier molecular flexibility index (Phi) is 5.30. The molecule has 0 unspecified atom stereocenters. The molecule has 7 heteroatoms. The van der Waals surface area contributed by atoms with Crippen molar-refractivity contribution in [2.24, 2.45) is 5.10 Å². The molecule has 0 radical (unpaired) electrons. The molecule has 2 aromatic rings. The van der Waals surface area contributed by atoms with E-state index in [9.17, 15) is 4.79 Å². The number of nitrogens with one attached hydrogen (secondary N) is 1. The van der Waals surface area contributed by atoms with Gasteiger partial charge in [0.2, 0.25) is 0 Å². The van der Waals surface area contributed by atoms with Crippen molar-refractivity contribution in [2.75, 3.05) is 6.61 Å². The van der Waals surface area contributed by atoms with E-state index in [4.69, 9.17) is 16.3 Å². The normalized spacial score (nSPS) is 10.8. The van der Waals surface area contributed by atoms with Crippen molar-refractivity contribution in [3.63, 3.8) is 0 Å². The summed E-state index contributed by atoms with van der Waals surface area (Å²) < 4.78 is 5.40. The van der Waals surface area contributed by atoms with Gasteiger partial charge in [-0.15, -0.1) is 11.3 Å². The zero-order valence-corrected chi connectivity index (χ0v) is 13.2. The first-order valence-electron chi connectivity index (χ1n) is 6.17. The fraction of sp³-hybridized carbons (Fsp3) is 0.214.